The molecule has 0 atom stereocenters. The molecule has 3 heterocycles. The van der Waals surface area contributed by atoms with Gasteiger partial charge in [-0.25, -0.2) is 8.91 Å². The SMILES string of the molecule is CCc1c(F)c(SC(C)(C)C#N)c2[nH]ncc2c1-c1ccn2nc(NC=O)cc2c1. The summed E-state index contributed by atoms with van der Waals surface area (Å²) in [6.45, 7) is 5.43. The highest BCUT2D eigenvalue weighted by molar-refractivity contribution is 8.01. The van der Waals surface area contributed by atoms with Crippen molar-refractivity contribution >= 4 is 40.4 Å². The zero-order valence-corrected chi connectivity index (χ0v) is 17.5. The molecule has 4 aromatic rings. The summed E-state index contributed by atoms with van der Waals surface area (Å²) in [6.07, 6.45) is 4.50. The number of anilines is 1. The second-order valence-electron chi connectivity index (χ2n) is 7.31. The molecule has 0 radical (unpaired) electrons. The van der Waals surface area contributed by atoms with Gasteiger partial charge in [-0.2, -0.15) is 15.5 Å². The maximum absolute atomic E-state index is 15.7. The number of rotatable bonds is 6. The fraction of sp³-hybridized carbons (Fsp3) is 0.238. The number of aromatic amines is 1. The number of nitrogens with zero attached hydrogens (tertiary/aromatic N) is 4. The van der Waals surface area contributed by atoms with Crippen molar-refractivity contribution < 1.29 is 9.18 Å². The monoisotopic (exact) mass is 422 g/mol. The number of thioether (sulfide) groups is 1. The van der Waals surface area contributed by atoms with Crippen LogP contribution in [-0.2, 0) is 11.2 Å². The summed E-state index contributed by atoms with van der Waals surface area (Å²) in [4.78, 5) is 11.1. The molecule has 0 spiro atoms. The van der Waals surface area contributed by atoms with Gasteiger partial charge in [0.25, 0.3) is 0 Å². The smallest absolute Gasteiger partial charge is 0.212 e. The Labute approximate surface area is 176 Å². The highest BCUT2D eigenvalue weighted by Crippen LogP contribution is 2.43. The fourth-order valence-corrected chi connectivity index (χ4v) is 4.51. The normalized spacial score (nSPS) is 11.7. The van der Waals surface area contributed by atoms with Crippen molar-refractivity contribution in [1.29, 1.82) is 5.26 Å². The largest absolute Gasteiger partial charge is 0.312 e. The number of pyridine rings is 1. The van der Waals surface area contributed by atoms with Gasteiger partial charge in [-0.1, -0.05) is 18.7 Å². The van der Waals surface area contributed by atoms with E-state index in [9.17, 15) is 10.1 Å². The van der Waals surface area contributed by atoms with Gasteiger partial charge in [0, 0.05) is 17.6 Å². The maximum atomic E-state index is 15.7. The molecule has 2 N–H and O–H groups in total. The highest BCUT2D eigenvalue weighted by atomic mass is 32.2. The first-order valence-electron chi connectivity index (χ1n) is 9.36. The van der Waals surface area contributed by atoms with E-state index in [1.807, 2.05) is 19.1 Å². The average molecular weight is 422 g/mol. The molecule has 0 aliphatic heterocycles. The molecule has 0 saturated heterocycles. The molecule has 1 aromatic carbocycles. The van der Waals surface area contributed by atoms with E-state index in [4.69, 9.17) is 0 Å². The lowest BCUT2D eigenvalue weighted by atomic mass is 9.94. The Morgan fingerprint density at radius 3 is 2.93 bits per heavy atom. The summed E-state index contributed by atoms with van der Waals surface area (Å²) in [7, 11) is 0. The van der Waals surface area contributed by atoms with Crippen molar-refractivity contribution in [2.24, 2.45) is 0 Å². The second kappa shape index (κ2) is 7.46. The summed E-state index contributed by atoms with van der Waals surface area (Å²) in [5, 5.41) is 24.1. The van der Waals surface area contributed by atoms with Crippen LogP contribution in [0.2, 0.25) is 0 Å². The number of carbonyl (C=O) groups excluding carboxylic acids is 1. The first-order valence-corrected chi connectivity index (χ1v) is 10.2. The standard InChI is InChI=1S/C21H19FN6OS/c1-4-14-17(12-5-6-28-13(7-12)8-16(27-28)24-11-29)15-9-25-26-19(15)20(18(14)22)30-21(2,3)10-23/h5-9,11H,4H2,1-3H3,(H,25,26)(H,24,27,29). The van der Waals surface area contributed by atoms with Crippen molar-refractivity contribution in [3.63, 3.8) is 0 Å². The number of nitrogens with one attached hydrogen (secondary N) is 2. The van der Waals surface area contributed by atoms with Gasteiger partial charge in [-0.15, -0.1) is 0 Å². The molecule has 0 bridgehead atoms. The first kappa shape index (κ1) is 19.9. The van der Waals surface area contributed by atoms with Crippen LogP contribution in [0.25, 0.3) is 27.5 Å². The van der Waals surface area contributed by atoms with Crippen molar-refractivity contribution in [1.82, 2.24) is 19.8 Å². The minimum atomic E-state index is -0.788. The molecule has 0 unspecified atom stereocenters. The summed E-state index contributed by atoms with van der Waals surface area (Å²) in [5.74, 6) is 0.0947. The number of H-pyrrole nitrogens is 1. The molecule has 9 heteroatoms. The number of benzene rings is 1. The zero-order chi connectivity index (χ0) is 21.5. The molecule has 30 heavy (non-hydrogen) atoms. The van der Waals surface area contributed by atoms with Crippen LogP contribution in [0.3, 0.4) is 0 Å². The van der Waals surface area contributed by atoms with Crippen LogP contribution < -0.4 is 5.32 Å². The van der Waals surface area contributed by atoms with Crippen molar-refractivity contribution in [3.8, 4) is 17.2 Å². The van der Waals surface area contributed by atoms with Crippen molar-refractivity contribution in [2.45, 2.75) is 36.8 Å². The van der Waals surface area contributed by atoms with E-state index < -0.39 is 4.75 Å². The lowest BCUT2D eigenvalue weighted by molar-refractivity contribution is -0.105. The lowest BCUT2D eigenvalue weighted by Crippen LogP contribution is -2.11. The van der Waals surface area contributed by atoms with Crippen LogP contribution in [0.4, 0.5) is 10.2 Å². The Bertz CT molecular complexity index is 1320. The molecule has 4 rings (SSSR count). The predicted octanol–water partition coefficient (Wildman–Crippen LogP) is 4.54. The van der Waals surface area contributed by atoms with Gasteiger partial charge >= 0.3 is 0 Å². The third kappa shape index (κ3) is 3.29. The maximum Gasteiger partial charge on any atom is 0.212 e. The van der Waals surface area contributed by atoms with E-state index in [-0.39, 0.29) is 5.82 Å². The van der Waals surface area contributed by atoms with Gasteiger partial charge in [0.2, 0.25) is 6.41 Å². The molecule has 0 aliphatic carbocycles. The summed E-state index contributed by atoms with van der Waals surface area (Å²) < 4.78 is 16.5. The fourth-order valence-electron chi connectivity index (χ4n) is 3.48. The van der Waals surface area contributed by atoms with E-state index >= 15 is 4.39 Å². The molecular formula is C21H19FN6OS. The Kier molecular flexibility index (Phi) is 4.95. The Hall–Kier alpha value is -3.38. The molecule has 0 fully saturated rings. The van der Waals surface area contributed by atoms with Gasteiger partial charge in [0.1, 0.15) is 10.6 Å². The number of amides is 1. The third-order valence-corrected chi connectivity index (χ3v) is 6.03. The summed E-state index contributed by atoms with van der Waals surface area (Å²) in [6, 6.07) is 7.71. The number of nitriles is 1. The van der Waals surface area contributed by atoms with Crippen molar-refractivity contribution in [3.05, 3.63) is 42.0 Å². The minimum Gasteiger partial charge on any atom is -0.312 e. The summed E-state index contributed by atoms with van der Waals surface area (Å²) in [5.41, 5.74) is 3.48. The van der Waals surface area contributed by atoms with Crippen LogP contribution in [0, 0.1) is 17.1 Å². The van der Waals surface area contributed by atoms with Gasteiger partial charge in [0.05, 0.1) is 28.2 Å². The topological polar surface area (TPSA) is 98.9 Å². The van der Waals surface area contributed by atoms with E-state index in [0.29, 0.717) is 34.6 Å². The predicted molar refractivity (Wildman–Crippen MR) is 115 cm³/mol. The van der Waals surface area contributed by atoms with Gasteiger partial charge < -0.3 is 5.32 Å². The van der Waals surface area contributed by atoms with E-state index in [0.717, 1.165) is 22.0 Å². The molecule has 0 saturated carbocycles. The Morgan fingerprint density at radius 2 is 2.23 bits per heavy atom. The lowest BCUT2D eigenvalue weighted by Gasteiger charge is -2.19. The number of fused-ring (bicyclic) bond motifs is 2. The average Bonchev–Trinajstić information content (AvgIpc) is 3.36. The van der Waals surface area contributed by atoms with Gasteiger partial charge in [0.15, 0.2) is 5.82 Å². The molecule has 152 valence electrons. The number of carbonyl (C=O) groups is 1. The molecule has 0 aliphatic rings. The van der Waals surface area contributed by atoms with Crippen LogP contribution in [0.15, 0.2) is 35.5 Å². The first-order chi connectivity index (χ1) is 14.4. The minimum absolute atomic E-state index is 0.339. The zero-order valence-electron chi connectivity index (χ0n) is 16.7. The quantitative estimate of drug-likeness (QED) is 0.351. The Balaban J connectivity index is 1.96. The number of hydrogen-bond acceptors (Lipinski definition) is 5. The molecule has 3 aromatic heterocycles. The third-order valence-electron chi connectivity index (χ3n) is 4.84. The van der Waals surface area contributed by atoms with Crippen LogP contribution in [-0.4, -0.2) is 31.0 Å². The van der Waals surface area contributed by atoms with Gasteiger partial charge in [-0.3, -0.25) is 9.89 Å². The molecule has 7 nitrogen and oxygen atoms in total. The van der Waals surface area contributed by atoms with E-state index in [1.54, 1.807) is 36.8 Å². The van der Waals surface area contributed by atoms with Crippen LogP contribution in [0.1, 0.15) is 26.3 Å². The van der Waals surface area contributed by atoms with Crippen LogP contribution in [0.5, 0.6) is 0 Å². The second-order valence-corrected chi connectivity index (χ2v) is 8.94. The Morgan fingerprint density at radius 1 is 1.43 bits per heavy atom. The van der Waals surface area contributed by atoms with E-state index in [1.165, 1.54) is 11.8 Å². The number of aromatic nitrogens is 4. The van der Waals surface area contributed by atoms with Gasteiger partial charge in [-0.05, 0) is 49.1 Å². The highest BCUT2D eigenvalue weighted by Gasteiger charge is 2.27. The number of hydrogen-bond donors (Lipinski definition) is 2. The molecular weight excluding hydrogens is 403 g/mol. The molecule has 1 amide bonds. The van der Waals surface area contributed by atoms with Crippen LogP contribution >= 0.6 is 11.8 Å². The van der Waals surface area contributed by atoms with E-state index in [2.05, 4.69) is 26.7 Å². The number of halogens is 1. The summed E-state index contributed by atoms with van der Waals surface area (Å²) >= 11 is 1.19. The van der Waals surface area contributed by atoms with Crippen molar-refractivity contribution in [2.75, 3.05) is 5.32 Å².